The maximum atomic E-state index is 12.0. The second-order valence-corrected chi connectivity index (χ2v) is 8.78. The Morgan fingerprint density at radius 3 is 2.61 bits per heavy atom. The van der Waals surface area contributed by atoms with E-state index in [1.807, 2.05) is 13.0 Å². The number of rotatable bonds is 2. The van der Waals surface area contributed by atoms with Gasteiger partial charge in [0.1, 0.15) is 0 Å². The number of hydrogen-bond acceptors (Lipinski definition) is 2. The fourth-order valence-corrected chi connectivity index (χ4v) is 5.88. The third-order valence-electron chi connectivity index (χ3n) is 7.63. The van der Waals surface area contributed by atoms with Crippen molar-refractivity contribution in [2.24, 2.45) is 28.1 Å². The van der Waals surface area contributed by atoms with Crippen molar-refractivity contribution in [3.05, 3.63) is 24.3 Å². The maximum Gasteiger partial charge on any atom is 0.309 e. The Hall–Kier alpha value is -1.09. The summed E-state index contributed by atoms with van der Waals surface area (Å²) in [6.45, 7) is 10.2. The minimum atomic E-state index is -0.655. The molecule has 6 atom stereocenters. The molecule has 0 spiro atoms. The molecule has 2 N–H and O–H groups in total. The summed E-state index contributed by atoms with van der Waals surface area (Å²) in [6.07, 6.45) is 9.10. The Labute approximate surface area is 139 Å². The minimum absolute atomic E-state index is 0.0149. The Bertz CT molecular complexity index is 565. The van der Waals surface area contributed by atoms with Gasteiger partial charge in [0.15, 0.2) is 0 Å². The van der Waals surface area contributed by atoms with E-state index in [1.165, 1.54) is 0 Å². The van der Waals surface area contributed by atoms with Gasteiger partial charge in [-0.1, -0.05) is 32.4 Å². The highest BCUT2D eigenvalue weighted by Crippen LogP contribution is 2.63. The molecule has 0 radical (unpaired) electrons. The number of carbonyl (C=O) groups is 1. The minimum Gasteiger partial charge on any atom is -0.481 e. The average Bonchev–Trinajstić information content (AvgIpc) is 2.50. The number of aliphatic hydroxyl groups is 1. The Balaban J connectivity index is 2.03. The molecular formula is C20H30O3. The molecule has 3 rings (SSSR count). The van der Waals surface area contributed by atoms with Crippen molar-refractivity contribution in [3.63, 3.8) is 0 Å². The SMILES string of the molecule is C=C[C@@]1(C)CC[C@H]2C(=CC[C@@H]3[C@]2(C)CCC[C@@]3(C)C(=O)O)[C@H]1O. The second-order valence-electron chi connectivity index (χ2n) is 8.78. The first-order chi connectivity index (χ1) is 10.7. The molecule has 2 fully saturated rings. The van der Waals surface area contributed by atoms with E-state index in [4.69, 9.17) is 0 Å². The molecular weight excluding hydrogens is 288 g/mol. The molecule has 3 aliphatic carbocycles. The third-order valence-corrected chi connectivity index (χ3v) is 7.63. The van der Waals surface area contributed by atoms with Crippen molar-refractivity contribution < 1.29 is 15.0 Å². The average molecular weight is 318 g/mol. The largest absolute Gasteiger partial charge is 0.481 e. The second kappa shape index (κ2) is 5.20. The zero-order chi connectivity index (χ0) is 17.0. The molecule has 0 aliphatic heterocycles. The van der Waals surface area contributed by atoms with E-state index in [9.17, 15) is 15.0 Å². The molecule has 0 aromatic heterocycles. The van der Waals surface area contributed by atoms with Gasteiger partial charge in [0, 0.05) is 5.41 Å². The fraction of sp³-hybridized carbons (Fsp3) is 0.750. The molecule has 0 amide bonds. The zero-order valence-corrected chi connectivity index (χ0v) is 14.6. The van der Waals surface area contributed by atoms with E-state index < -0.39 is 17.5 Å². The van der Waals surface area contributed by atoms with Crippen LogP contribution in [0.15, 0.2) is 24.3 Å². The van der Waals surface area contributed by atoms with Crippen molar-refractivity contribution in [2.75, 3.05) is 0 Å². The van der Waals surface area contributed by atoms with Gasteiger partial charge in [-0.2, -0.15) is 0 Å². The maximum absolute atomic E-state index is 12.0. The van der Waals surface area contributed by atoms with Crippen LogP contribution >= 0.6 is 0 Å². The Kier molecular flexibility index (Phi) is 3.79. The number of allylic oxidation sites excluding steroid dienone is 1. The summed E-state index contributed by atoms with van der Waals surface area (Å²) in [6, 6.07) is 0. The lowest BCUT2D eigenvalue weighted by molar-refractivity contribution is -0.163. The molecule has 23 heavy (non-hydrogen) atoms. The molecule has 128 valence electrons. The van der Waals surface area contributed by atoms with Crippen LogP contribution in [0.2, 0.25) is 0 Å². The molecule has 0 saturated heterocycles. The smallest absolute Gasteiger partial charge is 0.309 e. The summed E-state index contributed by atoms with van der Waals surface area (Å²) >= 11 is 0. The summed E-state index contributed by atoms with van der Waals surface area (Å²) < 4.78 is 0. The van der Waals surface area contributed by atoms with Gasteiger partial charge in [0.05, 0.1) is 11.5 Å². The van der Waals surface area contributed by atoms with E-state index in [0.717, 1.165) is 44.1 Å². The highest BCUT2D eigenvalue weighted by atomic mass is 16.4. The van der Waals surface area contributed by atoms with Gasteiger partial charge in [-0.25, -0.2) is 0 Å². The van der Waals surface area contributed by atoms with Crippen LogP contribution in [0.4, 0.5) is 0 Å². The molecule has 0 bridgehead atoms. The first-order valence-corrected chi connectivity index (χ1v) is 8.94. The van der Waals surface area contributed by atoms with Gasteiger partial charge < -0.3 is 10.2 Å². The van der Waals surface area contributed by atoms with Crippen LogP contribution in [0.1, 0.15) is 59.3 Å². The van der Waals surface area contributed by atoms with Crippen LogP contribution in [0.3, 0.4) is 0 Å². The highest BCUT2D eigenvalue weighted by Gasteiger charge is 2.59. The summed E-state index contributed by atoms with van der Waals surface area (Å²) in [7, 11) is 0. The fourth-order valence-electron chi connectivity index (χ4n) is 5.88. The molecule has 0 unspecified atom stereocenters. The molecule has 3 aliphatic rings. The van der Waals surface area contributed by atoms with Crippen molar-refractivity contribution in [1.82, 2.24) is 0 Å². The molecule has 2 saturated carbocycles. The van der Waals surface area contributed by atoms with Gasteiger partial charge in [-0.3, -0.25) is 4.79 Å². The number of aliphatic carboxylic acids is 1. The van der Waals surface area contributed by atoms with Crippen LogP contribution in [-0.2, 0) is 4.79 Å². The molecule has 3 nitrogen and oxygen atoms in total. The molecule has 0 aromatic carbocycles. The van der Waals surface area contributed by atoms with E-state index >= 15 is 0 Å². The van der Waals surface area contributed by atoms with Crippen LogP contribution < -0.4 is 0 Å². The van der Waals surface area contributed by atoms with Gasteiger partial charge in [0.25, 0.3) is 0 Å². The van der Waals surface area contributed by atoms with E-state index in [2.05, 4.69) is 26.5 Å². The lowest BCUT2D eigenvalue weighted by atomic mass is 9.45. The number of carboxylic acids is 1. The van der Waals surface area contributed by atoms with E-state index in [1.54, 1.807) is 0 Å². The van der Waals surface area contributed by atoms with Crippen LogP contribution in [0.5, 0.6) is 0 Å². The van der Waals surface area contributed by atoms with E-state index in [0.29, 0.717) is 5.92 Å². The first-order valence-electron chi connectivity index (χ1n) is 8.94. The summed E-state index contributed by atoms with van der Waals surface area (Å²) in [5.74, 6) is -0.184. The van der Waals surface area contributed by atoms with Gasteiger partial charge in [-0.05, 0) is 61.9 Å². The monoisotopic (exact) mass is 318 g/mol. The van der Waals surface area contributed by atoms with E-state index in [-0.39, 0.29) is 16.7 Å². The van der Waals surface area contributed by atoms with Crippen molar-refractivity contribution >= 4 is 5.97 Å². The Morgan fingerprint density at radius 2 is 2.00 bits per heavy atom. The predicted molar refractivity (Wildman–Crippen MR) is 90.9 cm³/mol. The molecule has 0 heterocycles. The number of aliphatic hydroxyl groups excluding tert-OH is 1. The normalized spacial score (nSPS) is 49.6. The quantitative estimate of drug-likeness (QED) is 0.751. The van der Waals surface area contributed by atoms with Crippen LogP contribution in [-0.4, -0.2) is 22.3 Å². The highest BCUT2D eigenvalue weighted by molar-refractivity contribution is 5.75. The van der Waals surface area contributed by atoms with Crippen LogP contribution in [0, 0.1) is 28.1 Å². The summed E-state index contributed by atoms with van der Waals surface area (Å²) in [5, 5.41) is 20.7. The number of fused-ring (bicyclic) bond motifs is 3. The summed E-state index contributed by atoms with van der Waals surface area (Å²) in [4.78, 5) is 12.0. The number of hydrogen-bond donors (Lipinski definition) is 2. The standard InChI is InChI=1S/C20H30O3/c1-5-18(2)12-9-14-13(16(18)21)7-8-15-19(14,3)10-6-11-20(15,4)17(22)23/h5,7,14-16,21H,1,6,8-12H2,2-4H3,(H,22,23)/t14-,15+,16+,18-,19+,20+/m0/s1. The topological polar surface area (TPSA) is 57.5 Å². The van der Waals surface area contributed by atoms with Crippen molar-refractivity contribution in [3.8, 4) is 0 Å². The summed E-state index contributed by atoms with van der Waals surface area (Å²) in [5.41, 5.74) is 0.237. The predicted octanol–water partition coefficient (Wildman–Crippen LogP) is 4.18. The zero-order valence-electron chi connectivity index (χ0n) is 14.6. The first kappa shape index (κ1) is 16.8. The molecule has 3 heteroatoms. The molecule has 0 aromatic rings. The third kappa shape index (κ3) is 2.15. The van der Waals surface area contributed by atoms with Crippen molar-refractivity contribution in [1.29, 1.82) is 0 Å². The Morgan fingerprint density at radius 1 is 1.30 bits per heavy atom. The van der Waals surface area contributed by atoms with Gasteiger partial charge in [0.2, 0.25) is 0 Å². The van der Waals surface area contributed by atoms with Gasteiger partial charge in [-0.15, -0.1) is 6.58 Å². The number of carboxylic acid groups (broad SMARTS) is 1. The van der Waals surface area contributed by atoms with Crippen molar-refractivity contribution in [2.45, 2.75) is 65.4 Å². The van der Waals surface area contributed by atoms with Gasteiger partial charge >= 0.3 is 5.97 Å². The lowest BCUT2D eigenvalue weighted by Crippen LogP contribution is -2.56. The van der Waals surface area contributed by atoms with Crippen LogP contribution in [0.25, 0.3) is 0 Å². The lowest BCUT2D eigenvalue weighted by Gasteiger charge is -2.59.